The van der Waals surface area contributed by atoms with Crippen LogP contribution in [0, 0.1) is 0 Å². The smallest absolute Gasteiger partial charge is 0.228 e. The Labute approximate surface area is 117 Å². The van der Waals surface area contributed by atoms with Crippen LogP contribution in [0.2, 0.25) is 0 Å². The first-order valence-corrected chi connectivity index (χ1v) is 7.18. The zero-order chi connectivity index (χ0) is 13.5. The van der Waals surface area contributed by atoms with Crippen molar-refractivity contribution in [1.29, 1.82) is 0 Å². The fourth-order valence-electron chi connectivity index (χ4n) is 1.61. The molecule has 2 rings (SSSR count). The van der Waals surface area contributed by atoms with E-state index in [1.165, 1.54) is 5.56 Å². The summed E-state index contributed by atoms with van der Waals surface area (Å²) in [6.07, 6.45) is 0.919. The van der Waals surface area contributed by atoms with Gasteiger partial charge in [-0.05, 0) is 17.7 Å². The number of benzene rings is 1. The van der Waals surface area contributed by atoms with Crippen LogP contribution in [-0.2, 0) is 6.42 Å². The molecule has 1 heterocycles. The quantitative estimate of drug-likeness (QED) is 0.787. The van der Waals surface area contributed by atoms with Crippen LogP contribution in [-0.4, -0.2) is 27.2 Å². The molecule has 0 amide bonds. The predicted molar refractivity (Wildman–Crippen MR) is 79.3 cm³/mol. The Balaban J connectivity index is 1.92. The lowest BCUT2D eigenvalue weighted by Gasteiger charge is -2.06. The molecule has 1 aromatic carbocycles. The summed E-state index contributed by atoms with van der Waals surface area (Å²) in [5, 5.41) is 3.84. The van der Waals surface area contributed by atoms with E-state index in [2.05, 4.69) is 32.4 Å². The van der Waals surface area contributed by atoms with Gasteiger partial charge in [-0.1, -0.05) is 49.0 Å². The number of nitrogens with two attached hydrogens (primary N) is 1. The van der Waals surface area contributed by atoms with Crippen molar-refractivity contribution in [3.05, 3.63) is 35.9 Å². The lowest BCUT2D eigenvalue weighted by Crippen LogP contribution is -2.10. The Bertz CT molecular complexity index is 518. The summed E-state index contributed by atoms with van der Waals surface area (Å²) in [5.74, 6) is 1.71. The minimum atomic E-state index is 0.258. The fraction of sp³-hybridized carbons (Fsp3) is 0.308. The molecule has 0 saturated heterocycles. The molecule has 0 spiro atoms. The van der Waals surface area contributed by atoms with Crippen LogP contribution < -0.4 is 11.1 Å². The Morgan fingerprint density at radius 2 is 1.95 bits per heavy atom. The zero-order valence-corrected chi connectivity index (χ0v) is 11.7. The Hall–Kier alpha value is -1.82. The number of thioether (sulfide) groups is 1. The normalized spacial score (nSPS) is 10.4. The van der Waals surface area contributed by atoms with Crippen molar-refractivity contribution >= 4 is 23.7 Å². The minimum Gasteiger partial charge on any atom is -0.368 e. The standard InChI is InChI=1S/C13H17N5S/c1-2-19-13-17-11(14)16-12(18-13)15-9-8-10-6-4-3-5-7-10/h3-7H,2,8-9H2,1H3,(H3,14,15,16,17,18). The van der Waals surface area contributed by atoms with Gasteiger partial charge in [0.05, 0.1) is 0 Å². The minimum absolute atomic E-state index is 0.258. The van der Waals surface area contributed by atoms with E-state index in [1.54, 1.807) is 11.8 Å². The molecule has 3 N–H and O–H groups in total. The van der Waals surface area contributed by atoms with Gasteiger partial charge in [-0.2, -0.15) is 15.0 Å². The van der Waals surface area contributed by atoms with E-state index in [4.69, 9.17) is 5.73 Å². The van der Waals surface area contributed by atoms with Gasteiger partial charge in [0.1, 0.15) is 0 Å². The summed E-state index contributed by atoms with van der Waals surface area (Å²) in [7, 11) is 0. The zero-order valence-electron chi connectivity index (χ0n) is 10.8. The first-order chi connectivity index (χ1) is 9.28. The molecule has 0 aliphatic heterocycles. The number of hydrogen-bond acceptors (Lipinski definition) is 6. The number of hydrogen-bond donors (Lipinski definition) is 2. The molecule has 0 fully saturated rings. The van der Waals surface area contributed by atoms with Gasteiger partial charge in [-0.15, -0.1) is 0 Å². The van der Waals surface area contributed by atoms with Gasteiger partial charge in [-0.25, -0.2) is 0 Å². The molecule has 0 atom stereocenters. The topological polar surface area (TPSA) is 76.7 Å². The Morgan fingerprint density at radius 3 is 2.68 bits per heavy atom. The van der Waals surface area contributed by atoms with Crippen LogP contribution in [0.5, 0.6) is 0 Å². The second kappa shape index (κ2) is 6.94. The number of nitrogens with zero attached hydrogens (tertiary/aromatic N) is 3. The third-order valence-corrected chi connectivity index (χ3v) is 3.17. The average molecular weight is 275 g/mol. The largest absolute Gasteiger partial charge is 0.368 e. The summed E-state index contributed by atoms with van der Waals surface area (Å²) in [6, 6.07) is 10.3. The summed E-state index contributed by atoms with van der Waals surface area (Å²) in [5.41, 5.74) is 6.93. The number of aromatic nitrogens is 3. The van der Waals surface area contributed by atoms with Gasteiger partial charge in [0, 0.05) is 6.54 Å². The van der Waals surface area contributed by atoms with Gasteiger partial charge in [0.2, 0.25) is 11.9 Å². The van der Waals surface area contributed by atoms with E-state index in [9.17, 15) is 0 Å². The lowest BCUT2D eigenvalue weighted by atomic mass is 10.1. The van der Waals surface area contributed by atoms with Crippen molar-refractivity contribution in [3.8, 4) is 0 Å². The Kier molecular flexibility index (Phi) is 4.97. The highest BCUT2D eigenvalue weighted by Gasteiger charge is 2.03. The van der Waals surface area contributed by atoms with Crippen molar-refractivity contribution in [3.63, 3.8) is 0 Å². The van der Waals surface area contributed by atoms with E-state index >= 15 is 0 Å². The van der Waals surface area contributed by atoms with Crippen molar-refractivity contribution in [2.75, 3.05) is 23.3 Å². The van der Waals surface area contributed by atoms with Crippen LogP contribution in [0.25, 0.3) is 0 Å². The number of anilines is 2. The third-order valence-electron chi connectivity index (χ3n) is 2.45. The fourth-order valence-corrected chi connectivity index (χ4v) is 2.18. The summed E-state index contributed by atoms with van der Waals surface area (Å²) in [4.78, 5) is 12.5. The molecular formula is C13H17N5S. The highest BCUT2D eigenvalue weighted by Crippen LogP contribution is 2.14. The summed E-state index contributed by atoms with van der Waals surface area (Å²) in [6.45, 7) is 2.82. The molecular weight excluding hydrogens is 258 g/mol. The Morgan fingerprint density at radius 1 is 1.16 bits per heavy atom. The van der Waals surface area contributed by atoms with E-state index in [-0.39, 0.29) is 5.95 Å². The van der Waals surface area contributed by atoms with E-state index in [0.717, 1.165) is 18.7 Å². The molecule has 0 bridgehead atoms. The van der Waals surface area contributed by atoms with Crippen LogP contribution in [0.15, 0.2) is 35.5 Å². The molecule has 0 saturated carbocycles. The molecule has 1 aromatic heterocycles. The van der Waals surface area contributed by atoms with Crippen LogP contribution in [0.4, 0.5) is 11.9 Å². The van der Waals surface area contributed by atoms with Crippen molar-refractivity contribution in [1.82, 2.24) is 15.0 Å². The SMILES string of the molecule is CCSc1nc(N)nc(NCCc2ccccc2)n1. The third kappa shape index (κ3) is 4.40. The number of nitrogen functional groups attached to an aromatic ring is 1. The van der Waals surface area contributed by atoms with Crippen LogP contribution >= 0.6 is 11.8 Å². The van der Waals surface area contributed by atoms with Gasteiger partial charge in [0.25, 0.3) is 0 Å². The van der Waals surface area contributed by atoms with Crippen LogP contribution in [0.3, 0.4) is 0 Å². The maximum Gasteiger partial charge on any atom is 0.228 e. The highest BCUT2D eigenvalue weighted by molar-refractivity contribution is 7.99. The molecule has 0 unspecified atom stereocenters. The number of rotatable bonds is 6. The molecule has 0 aliphatic rings. The van der Waals surface area contributed by atoms with E-state index in [1.807, 2.05) is 25.1 Å². The van der Waals surface area contributed by atoms with Crippen LogP contribution in [0.1, 0.15) is 12.5 Å². The molecule has 0 radical (unpaired) electrons. The monoisotopic (exact) mass is 275 g/mol. The lowest BCUT2D eigenvalue weighted by molar-refractivity contribution is 0.895. The maximum absolute atomic E-state index is 5.66. The second-order valence-corrected chi connectivity index (χ2v) is 5.13. The van der Waals surface area contributed by atoms with Gasteiger partial charge >= 0.3 is 0 Å². The molecule has 100 valence electrons. The summed E-state index contributed by atoms with van der Waals surface area (Å²) >= 11 is 1.55. The van der Waals surface area contributed by atoms with Gasteiger partial charge < -0.3 is 11.1 Å². The highest BCUT2D eigenvalue weighted by atomic mass is 32.2. The van der Waals surface area contributed by atoms with Gasteiger partial charge in [-0.3, -0.25) is 0 Å². The molecule has 5 nitrogen and oxygen atoms in total. The van der Waals surface area contributed by atoms with Crippen molar-refractivity contribution in [2.45, 2.75) is 18.5 Å². The van der Waals surface area contributed by atoms with Gasteiger partial charge in [0.15, 0.2) is 5.16 Å². The molecule has 2 aromatic rings. The maximum atomic E-state index is 5.66. The van der Waals surface area contributed by atoms with Crippen molar-refractivity contribution in [2.24, 2.45) is 0 Å². The van der Waals surface area contributed by atoms with E-state index in [0.29, 0.717) is 11.1 Å². The predicted octanol–water partition coefficient (Wildman–Crippen LogP) is 2.22. The molecule has 6 heteroatoms. The molecule has 19 heavy (non-hydrogen) atoms. The first kappa shape index (κ1) is 13.6. The van der Waals surface area contributed by atoms with E-state index < -0.39 is 0 Å². The second-order valence-electron chi connectivity index (χ2n) is 3.90. The average Bonchev–Trinajstić information content (AvgIpc) is 2.40. The first-order valence-electron chi connectivity index (χ1n) is 6.20. The van der Waals surface area contributed by atoms with Crippen molar-refractivity contribution < 1.29 is 0 Å². The summed E-state index contributed by atoms with van der Waals surface area (Å²) < 4.78 is 0. The molecule has 0 aliphatic carbocycles. The number of nitrogens with one attached hydrogen (secondary N) is 1.